The van der Waals surface area contributed by atoms with Gasteiger partial charge in [0.25, 0.3) is 0 Å². The summed E-state index contributed by atoms with van der Waals surface area (Å²) in [7, 11) is 0. The second-order valence-corrected chi connectivity index (χ2v) is 5.47. The molecule has 0 aromatic heterocycles. The van der Waals surface area contributed by atoms with Crippen LogP contribution in [0.25, 0.3) is 0 Å². The summed E-state index contributed by atoms with van der Waals surface area (Å²) in [5, 5.41) is 28.0. The molecule has 27 heavy (non-hydrogen) atoms. The predicted molar refractivity (Wildman–Crippen MR) is 102 cm³/mol. The fourth-order valence-corrected chi connectivity index (χ4v) is 2.47. The first-order valence-corrected chi connectivity index (χ1v) is 7.94. The molecule has 0 bridgehead atoms. The van der Waals surface area contributed by atoms with Gasteiger partial charge in [-0.15, -0.1) is 0 Å². The summed E-state index contributed by atoms with van der Waals surface area (Å²) in [4.78, 5) is 19.7. The number of para-hydroxylation sites is 2. The van der Waals surface area contributed by atoms with Gasteiger partial charge >= 0.3 is 5.82 Å². The van der Waals surface area contributed by atoms with Crippen molar-refractivity contribution >= 4 is 17.1 Å². The Morgan fingerprint density at radius 2 is 1.19 bits per heavy atom. The highest BCUT2D eigenvalue weighted by Crippen LogP contribution is 2.26. The van der Waals surface area contributed by atoms with Gasteiger partial charge in [0.2, 0.25) is 0 Å². The Kier molecular flexibility index (Phi) is 5.17. The number of nitro groups is 2. The summed E-state index contributed by atoms with van der Waals surface area (Å²) in [5.41, 5.74) is 2.07. The number of rotatable bonds is 5. The minimum Gasteiger partial charge on any atom is -0.253 e. The van der Waals surface area contributed by atoms with Crippen LogP contribution in [0.15, 0.2) is 101 Å². The largest absolute Gasteiger partial charge is 0.565 e. The summed E-state index contributed by atoms with van der Waals surface area (Å²) in [6, 6.07) is 18.9. The number of hydrogen-bond acceptors (Lipinski definition) is 6. The summed E-state index contributed by atoms with van der Waals surface area (Å²) in [6.07, 6.45) is 5.63. The van der Waals surface area contributed by atoms with Gasteiger partial charge in [-0.2, -0.15) is 5.10 Å². The molecule has 3 rings (SSSR count). The van der Waals surface area contributed by atoms with Crippen LogP contribution < -0.4 is 5.01 Å². The highest BCUT2D eigenvalue weighted by Gasteiger charge is 2.30. The Labute approximate surface area is 154 Å². The Bertz CT molecular complexity index is 906. The second-order valence-electron chi connectivity index (χ2n) is 5.47. The fourth-order valence-electron chi connectivity index (χ4n) is 2.47. The van der Waals surface area contributed by atoms with Crippen LogP contribution in [0.4, 0.5) is 11.4 Å². The molecule has 2 aromatic rings. The van der Waals surface area contributed by atoms with E-state index in [9.17, 15) is 20.2 Å². The molecule has 0 unspecified atom stereocenters. The van der Waals surface area contributed by atoms with E-state index in [-0.39, 0.29) is 5.57 Å². The molecule has 1 aliphatic carbocycles. The van der Waals surface area contributed by atoms with Crippen LogP contribution in [0, 0.1) is 20.2 Å². The number of allylic oxidation sites excluding steroid dienone is 5. The molecular formula is C19H14N4O4. The average Bonchev–Trinajstić information content (AvgIpc) is 2.68. The van der Waals surface area contributed by atoms with Crippen molar-refractivity contribution < 1.29 is 9.85 Å². The fraction of sp³-hybridized carbons (Fsp3) is 0. The molecule has 0 atom stereocenters. The number of hydrogen-bond donors (Lipinski definition) is 0. The Hall–Kier alpha value is -4.07. The van der Waals surface area contributed by atoms with Crippen molar-refractivity contribution in [3.63, 3.8) is 0 Å². The monoisotopic (exact) mass is 362 g/mol. The van der Waals surface area contributed by atoms with E-state index in [1.807, 2.05) is 60.7 Å². The molecule has 134 valence electrons. The molecule has 0 amide bonds. The van der Waals surface area contributed by atoms with Gasteiger partial charge in [0.1, 0.15) is 15.4 Å². The van der Waals surface area contributed by atoms with E-state index in [0.29, 0.717) is 5.71 Å². The SMILES string of the molecule is O=[N+]([O-])C(=C1C=CC(=NN(c2ccccc2)c2ccccc2)C=C1)[N+](=O)[O-]. The van der Waals surface area contributed by atoms with Crippen molar-refractivity contribution in [2.75, 3.05) is 5.01 Å². The van der Waals surface area contributed by atoms with Crippen LogP contribution in [-0.4, -0.2) is 15.6 Å². The standard InChI is InChI=1S/C19H14N4O4/c24-22(25)19(23(26)27)15-11-13-16(14-12-15)20-21(17-7-3-1-4-8-17)18-9-5-2-6-10-18/h1-14H. The highest BCUT2D eigenvalue weighted by molar-refractivity contribution is 6.06. The summed E-state index contributed by atoms with van der Waals surface area (Å²) < 4.78 is 0. The van der Waals surface area contributed by atoms with Gasteiger partial charge in [-0.3, -0.25) is 20.2 Å². The van der Waals surface area contributed by atoms with Crippen molar-refractivity contribution in [3.8, 4) is 0 Å². The van der Waals surface area contributed by atoms with Crippen LogP contribution in [0.2, 0.25) is 0 Å². The topological polar surface area (TPSA) is 102 Å². The lowest BCUT2D eigenvalue weighted by atomic mass is 10.1. The zero-order chi connectivity index (χ0) is 19.2. The van der Waals surface area contributed by atoms with E-state index in [1.165, 1.54) is 24.3 Å². The van der Waals surface area contributed by atoms with E-state index in [4.69, 9.17) is 0 Å². The van der Waals surface area contributed by atoms with E-state index in [0.717, 1.165) is 11.4 Å². The first-order chi connectivity index (χ1) is 13.1. The number of hydrazone groups is 1. The normalized spacial score (nSPS) is 12.6. The number of anilines is 2. The maximum atomic E-state index is 10.9. The van der Waals surface area contributed by atoms with Crippen molar-refractivity contribution in [3.05, 3.63) is 117 Å². The van der Waals surface area contributed by atoms with Gasteiger partial charge in [0, 0.05) is 0 Å². The molecule has 8 heteroatoms. The molecule has 0 spiro atoms. The third-order valence-electron chi connectivity index (χ3n) is 3.69. The lowest BCUT2D eigenvalue weighted by molar-refractivity contribution is -0.616. The van der Waals surface area contributed by atoms with Gasteiger partial charge in [-0.05, 0) is 48.6 Å². The quantitative estimate of drug-likeness (QED) is 0.589. The van der Waals surface area contributed by atoms with Crippen LogP contribution in [0.3, 0.4) is 0 Å². The molecular weight excluding hydrogens is 348 g/mol. The van der Waals surface area contributed by atoms with Gasteiger partial charge in [-0.1, -0.05) is 36.4 Å². The molecule has 8 nitrogen and oxygen atoms in total. The molecule has 0 saturated heterocycles. The van der Waals surface area contributed by atoms with Crippen LogP contribution in [0.1, 0.15) is 0 Å². The predicted octanol–water partition coefficient (Wildman–Crippen LogP) is 4.07. The lowest BCUT2D eigenvalue weighted by Gasteiger charge is -2.20. The second kappa shape index (κ2) is 7.87. The first kappa shape index (κ1) is 17.7. The van der Waals surface area contributed by atoms with Crippen molar-refractivity contribution in [2.45, 2.75) is 0 Å². The summed E-state index contributed by atoms with van der Waals surface area (Å²) in [5.74, 6) is -1.07. The zero-order valence-corrected chi connectivity index (χ0v) is 14.0. The first-order valence-electron chi connectivity index (χ1n) is 7.94. The molecule has 2 aromatic carbocycles. The van der Waals surface area contributed by atoms with Crippen molar-refractivity contribution in [2.24, 2.45) is 5.10 Å². The van der Waals surface area contributed by atoms with E-state index < -0.39 is 15.7 Å². The Morgan fingerprint density at radius 1 is 0.741 bits per heavy atom. The Morgan fingerprint density at radius 3 is 1.59 bits per heavy atom. The Balaban J connectivity index is 1.98. The maximum absolute atomic E-state index is 10.9. The van der Waals surface area contributed by atoms with E-state index in [1.54, 1.807) is 5.01 Å². The summed E-state index contributed by atoms with van der Waals surface area (Å²) >= 11 is 0. The average molecular weight is 362 g/mol. The minimum atomic E-state index is -1.07. The van der Waals surface area contributed by atoms with Gasteiger partial charge < -0.3 is 0 Å². The lowest BCUT2D eigenvalue weighted by Crippen LogP contribution is -2.14. The number of benzene rings is 2. The summed E-state index contributed by atoms with van der Waals surface area (Å²) in [6.45, 7) is 0. The molecule has 0 fully saturated rings. The van der Waals surface area contributed by atoms with Crippen molar-refractivity contribution in [1.29, 1.82) is 0 Å². The van der Waals surface area contributed by atoms with Gasteiger partial charge in [0.05, 0.1) is 17.1 Å². The highest BCUT2D eigenvalue weighted by atomic mass is 16.7. The molecule has 0 aliphatic heterocycles. The van der Waals surface area contributed by atoms with E-state index in [2.05, 4.69) is 5.10 Å². The molecule has 0 N–H and O–H groups in total. The van der Waals surface area contributed by atoms with Crippen LogP contribution in [0.5, 0.6) is 0 Å². The van der Waals surface area contributed by atoms with Gasteiger partial charge in [0.15, 0.2) is 0 Å². The zero-order valence-electron chi connectivity index (χ0n) is 14.0. The molecule has 0 radical (unpaired) electrons. The van der Waals surface area contributed by atoms with Crippen LogP contribution in [-0.2, 0) is 0 Å². The maximum Gasteiger partial charge on any atom is 0.565 e. The molecule has 1 aliphatic rings. The number of nitrogens with zero attached hydrogens (tertiary/aromatic N) is 4. The van der Waals surface area contributed by atoms with Crippen molar-refractivity contribution in [1.82, 2.24) is 0 Å². The van der Waals surface area contributed by atoms with Crippen LogP contribution >= 0.6 is 0 Å². The third-order valence-corrected chi connectivity index (χ3v) is 3.69. The minimum absolute atomic E-state index is 0.0880. The smallest absolute Gasteiger partial charge is 0.253 e. The molecule has 0 saturated carbocycles. The van der Waals surface area contributed by atoms with Gasteiger partial charge in [-0.25, -0.2) is 5.01 Å². The third kappa shape index (κ3) is 4.13. The van der Waals surface area contributed by atoms with E-state index >= 15 is 0 Å². The molecule has 0 heterocycles.